The van der Waals surface area contributed by atoms with Gasteiger partial charge < -0.3 is 0 Å². The van der Waals surface area contributed by atoms with Crippen molar-refractivity contribution in [3.05, 3.63) is 0 Å². The molecule has 2 fully saturated rings. The summed E-state index contributed by atoms with van der Waals surface area (Å²) in [5.41, 5.74) is -0.254. The topological polar surface area (TPSA) is 51.2 Å². The Labute approximate surface area is 144 Å². The van der Waals surface area contributed by atoms with Gasteiger partial charge in [0, 0.05) is 18.8 Å². The van der Waals surface area contributed by atoms with E-state index in [1.807, 2.05) is 6.92 Å². The van der Waals surface area contributed by atoms with Gasteiger partial charge in [0.15, 0.2) is 0 Å². The highest BCUT2D eigenvalue weighted by Crippen LogP contribution is 2.58. The van der Waals surface area contributed by atoms with E-state index in [0.717, 1.165) is 25.7 Å². The Kier molecular flexibility index (Phi) is 4.97. The maximum absolute atomic E-state index is 14.6. The Morgan fingerprint density at radius 3 is 2.38 bits per heavy atom. The number of alkyl halides is 2. The maximum Gasteiger partial charge on any atom is 0.346 e. The first-order valence-corrected chi connectivity index (χ1v) is 10.4. The zero-order valence-corrected chi connectivity index (χ0v) is 16.2. The molecule has 2 aliphatic rings. The molecular formula is C18H30F2O3S. The van der Waals surface area contributed by atoms with Gasteiger partial charge in [0.1, 0.15) is 5.78 Å². The molecule has 0 radical (unpaired) electrons. The van der Waals surface area contributed by atoms with Crippen LogP contribution in [0.4, 0.5) is 8.78 Å². The first kappa shape index (κ1) is 19.8. The molecule has 24 heavy (non-hydrogen) atoms. The van der Waals surface area contributed by atoms with Gasteiger partial charge in [0.05, 0.1) is 4.75 Å². The molecule has 0 aliphatic heterocycles. The second kappa shape index (κ2) is 6.03. The van der Waals surface area contributed by atoms with E-state index in [1.165, 1.54) is 20.8 Å². The number of hydrogen-bond donors (Lipinski definition) is 0. The number of hydrogen-bond acceptors (Lipinski definition) is 3. The number of Topliss-reactive ketones (excluding diaryl/α,β-unsaturated/α-hetero) is 1. The van der Waals surface area contributed by atoms with Gasteiger partial charge in [-0.1, -0.05) is 13.8 Å². The zero-order chi connectivity index (χ0) is 18.6. The minimum atomic E-state index is -4.56. The van der Waals surface area contributed by atoms with E-state index < -0.39 is 32.2 Å². The van der Waals surface area contributed by atoms with Crippen LogP contribution in [-0.2, 0) is 14.6 Å². The number of ketones is 1. The predicted octanol–water partition coefficient (Wildman–Crippen LogP) is 4.60. The maximum atomic E-state index is 14.6. The third-order valence-electron chi connectivity index (χ3n) is 6.38. The molecule has 2 rings (SSSR count). The number of fused-ring (bicyclic) bond motifs is 1. The van der Waals surface area contributed by atoms with Crippen molar-refractivity contribution >= 4 is 15.6 Å². The van der Waals surface area contributed by atoms with Gasteiger partial charge in [-0.15, -0.1) is 0 Å². The molecule has 3 nitrogen and oxygen atoms in total. The van der Waals surface area contributed by atoms with Crippen molar-refractivity contribution in [2.24, 2.45) is 23.2 Å². The van der Waals surface area contributed by atoms with Crippen molar-refractivity contribution < 1.29 is 22.0 Å². The van der Waals surface area contributed by atoms with Gasteiger partial charge in [-0.05, 0) is 63.7 Å². The highest BCUT2D eigenvalue weighted by Gasteiger charge is 2.57. The van der Waals surface area contributed by atoms with Gasteiger partial charge in [0.2, 0.25) is 9.84 Å². The molecule has 0 aromatic carbocycles. The lowest BCUT2D eigenvalue weighted by molar-refractivity contribution is -0.130. The second-order valence-corrected chi connectivity index (χ2v) is 11.8. The summed E-state index contributed by atoms with van der Waals surface area (Å²) in [5.74, 6) is -0.232. The Balaban J connectivity index is 2.21. The average Bonchev–Trinajstić information content (AvgIpc) is 2.75. The molecule has 0 aromatic rings. The molecule has 140 valence electrons. The molecule has 0 N–H and O–H groups in total. The summed E-state index contributed by atoms with van der Waals surface area (Å²) >= 11 is 0. The molecule has 4 atom stereocenters. The number of rotatable bonds is 4. The van der Waals surface area contributed by atoms with Crippen molar-refractivity contribution in [1.29, 1.82) is 0 Å². The van der Waals surface area contributed by atoms with Crippen molar-refractivity contribution in [3.63, 3.8) is 0 Å². The van der Waals surface area contributed by atoms with E-state index in [4.69, 9.17) is 0 Å². The van der Waals surface area contributed by atoms with E-state index in [0.29, 0.717) is 6.42 Å². The summed E-state index contributed by atoms with van der Waals surface area (Å²) in [6, 6.07) is 0. The third kappa shape index (κ3) is 3.04. The minimum absolute atomic E-state index is 0.0206. The standard InChI is InChI=1S/C18H30F2O3S/c1-12(11-18(19,20)24(22,23)16(2,3)4)13-8-9-14-15(21)7-6-10-17(13,14)5/h12-14H,6-11H2,1-5H3. The van der Waals surface area contributed by atoms with Crippen LogP contribution in [-0.4, -0.2) is 24.2 Å². The smallest absolute Gasteiger partial charge is 0.299 e. The molecule has 0 aromatic heterocycles. The third-order valence-corrected chi connectivity index (χ3v) is 8.95. The highest BCUT2D eigenvalue weighted by molar-refractivity contribution is 7.93. The Morgan fingerprint density at radius 2 is 1.83 bits per heavy atom. The lowest BCUT2D eigenvalue weighted by Gasteiger charge is -2.43. The van der Waals surface area contributed by atoms with Gasteiger partial charge in [-0.3, -0.25) is 4.79 Å². The highest BCUT2D eigenvalue weighted by atomic mass is 32.2. The summed E-state index contributed by atoms with van der Waals surface area (Å²) in [6.07, 6.45) is 3.10. The van der Waals surface area contributed by atoms with Crippen LogP contribution in [0, 0.1) is 23.2 Å². The largest absolute Gasteiger partial charge is 0.346 e. The van der Waals surface area contributed by atoms with Crippen LogP contribution < -0.4 is 0 Å². The van der Waals surface area contributed by atoms with E-state index in [-0.39, 0.29) is 23.0 Å². The molecule has 0 amide bonds. The molecule has 0 saturated heterocycles. The van der Waals surface area contributed by atoms with Gasteiger partial charge in [-0.25, -0.2) is 8.42 Å². The monoisotopic (exact) mass is 364 g/mol. The molecular weight excluding hydrogens is 334 g/mol. The van der Waals surface area contributed by atoms with Crippen molar-refractivity contribution in [1.82, 2.24) is 0 Å². The quantitative estimate of drug-likeness (QED) is 0.732. The first-order valence-electron chi connectivity index (χ1n) is 8.89. The fraction of sp³-hybridized carbons (Fsp3) is 0.944. The SMILES string of the molecule is CC(CC(F)(F)S(=O)(=O)C(C)(C)C)C1CCC2C(=O)CCCC21C. The van der Waals surface area contributed by atoms with E-state index in [1.54, 1.807) is 6.92 Å². The van der Waals surface area contributed by atoms with E-state index >= 15 is 0 Å². The van der Waals surface area contributed by atoms with Gasteiger partial charge in [-0.2, -0.15) is 8.78 Å². The first-order chi connectivity index (χ1) is 10.7. The van der Waals surface area contributed by atoms with Crippen molar-refractivity contribution in [2.75, 3.05) is 0 Å². The van der Waals surface area contributed by atoms with Gasteiger partial charge in [0.25, 0.3) is 0 Å². The van der Waals surface area contributed by atoms with Crippen LogP contribution in [0.25, 0.3) is 0 Å². The average molecular weight is 364 g/mol. The van der Waals surface area contributed by atoms with Crippen LogP contribution in [0.3, 0.4) is 0 Å². The number of halogens is 2. The number of carbonyl (C=O) groups is 1. The minimum Gasteiger partial charge on any atom is -0.299 e. The summed E-state index contributed by atoms with van der Waals surface area (Å²) in [7, 11) is -4.56. The van der Waals surface area contributed by atoms with Gasteiger partial charge >= 0.3 is 5.25 Å². The zero-order valence-electron chi connectivity index (χ0n) is 15.4. The Morgan fingerprint density at radius 1 is 1.25 bits per heavy atom. The van der Waals surface area contributed by atoms with Crippen LogP contribution in [0.2, 0.25) is 0 Å². The second-order valence-electron chi connectivity index (χ2n) is 9.00. The molecule has 2 aliphatic carbocycles. The van der Waals surface area contributed by atoms with Crippen LogP contribution in [0.5, 0.6) is 0 Å². The number of sulfone groups is 1. The summed E-state index contributed by atoms with van der Waals surface area (Å²) in [4.78, 5) is 12.2. The molecule has 6 heteroatoms. The molecule has 4 unspecified atom stereocenters. The molecule has 0 heterocycles. The number of carbonyl (C=O) groups excluding carboxylic acids is 1. The fourth-order valence-corrected chi connectivity index (χ4v) is 6.36. The Bertz CT molecular complexity index is 606. The molecule has 0 bridgehead atoms. The molecule has 0 spiro atoms. The van der Waals surface area contributed by atoms with Crippen molar-refractivity contribution in [2.45, 2.75) is 83.1 Å². The molecule has 2 saturated carbocycles. The fourth-order valence-electron chi connectivity index (χ4n) is 4.98. The normalized spacial score (nSPS) is 33.4. The predicted molar refractivity (Wildman–Crippen MR) is 90.6 cm³/mol. The van der Waals surface area contributed by atoms with E-state index in [9.17, 15) is 22.0 Å². The van der Waals surface area contributed by atoms with Crippen molar-refractivity contribution in [3.8, 4) is 0 Å². The summed E-state index contributed by atoms with van der Waals surface area (Å²) < 4.78 is 52.1. The summed E-state index contributed by atoms with van der Waals surface area (Å²) in [6.45, 7) is 7.71. The van der Waals surface area contributed by atoms with Crippen LogP contribution in [0.1, 0.15) is 73.1 Å². The lowest BCUT2D eigenvalue weighted by atomic mass is 9.62. The van der Waals surface area contributed by atoms with Crippen LogP contribution in [0.15, 0.2) is 0 Å². The van der Waals surface area contributed by atoms with E-state index in [2.05, 4.69) is 0 Å². The lowest BCUT2D eigenvalue weighted by Crippen LogP contribution is -2.45. The van der Waals surface area contributed by atoms with Crippen LogP contribution >= 0.6 is 0 Å². The Hall–Kier alpha value is -0.520. The summed E-state index contributed by atoms with van der Waals surface area (Å²) in [5, 5.41) is -3.74.